The number of benzene rings is 1. The van der Waals surface area contributed by atoms with Crippen LogP contribution >= 0.6 is 0 Å². The molecule has 2 aliphatic carbocycles. The van der Waals surface area contributed by atoms with E-state index in [1.54, 1.807) is 27.9 Å². The van der Waals surface area contributed by atoms with Gasteiger partial charge in [-0.2, -0.15) is 0 Å². The van der Waals surface area contributed by atoms with Crippen LogP contribution in [-0.2, 0) is 35.7 Å². The number of allylic oxidation sites excluding steroid dienone is 1. The fourth-order valence-electron chi connectivity index (χ4n) is 7.07. The maximum atomic E-state index is 13.0. The van der Waals surface area contributed by atoms with Crippen molar-refractivity contribution in [3.8, 4) is 11.5 Å². The number of piperidine rings is 1. The predicted molar refractivity (Wildman–Crippen MR) is 148 cm³/mol. The van der Waals surface area contributed by atoms with Gasteiger partial charge in [-0.1, -0.05) is 19.9 Å². The van der Waals surface area contributed by atoms with Gasteiger partial charge in [0, 0.05) is 23.4 Å². The van der Waals surface area contributed by atoms with E-state index < -0.39 is 35.6 Å². The molecular formula is C31H42N2O7. The van der Waals surface area contributed by atoms with E-state index in [1.165, 1.54) is 11.1 Å². The smallest absolute Gasteiger partial charge is 0.329 e. The lowest BCUT2D eigenvalue weighted by Crippen LogP contribution is -2.63. The summed E-state index contributed by atoms with van der Waals surface area (Å²) in [6, 6.07) is 3.71. The van der Waals surface area contributed by atoms with Gasteiger partial charge >= 0.3 is 11.9 Å². The summed E-state index contributed by atoms with van der Waals surface area (Å²) in [5.74, 6) is 0.784. The highest BCUT2D eigenvalue weighted by atomic mass is 16.6. The van der Waals surface area contributed by atoms with Crippen LogP contribution in [-0.4, -0.2) is 67.2 Å². The molecule has 2 heterocycles. The third-order valence-electron chi connectivity index (χ3n) is 8.86. The Morgan fingerprint density at radius 1 is 1.20 bits per heavy atom. The zero-order valence-electron chi connectivity index (χ0n) is 24.7. The molecule has 1 fully saturated rings. The number of hydrogen-bond donors (Lipinski definition) is 1. The average molecular weight is 555 g/mol. The molecule has 4 aliphatic rings. The first-order valence-electron chi connectivity index (χ1n) is 14.4. The van der Waals surface area contributed by atoms with Crippen molar-refractivity contribution in [2.45, 2.75) is 95.9 Å². The van der Waals surface area contributed by atoms with Crippen LogP contribution in [0, 0.1) is 11.8 Å². The molecule has 40 heavy (non-hydrogen) atoms. The summed E-state index contributed by atoms with van der Waals surface area (Å²) in [6.07, 6.45) is 4.03. The van der Waals surface area contributed by atoms with Crippen LogP contribution < -0.4 is 14.8 Å². The lowest BCUT2D eigenvalue weighted by atomic mass is 9.53. The van der Waals surface area contributed by atoms with Crippen LogP contribution in [0.3, 0.4) is 0 Å². The minimum absolute atomic E-state index is 0.0948. The molecule has 1 aromatic carbocycles. The first-order chi connectivity index (χ1) is 18.9. The van der Waals surface area contributed by atoms with Crippen molar-refractivity contribution in [2.24, 2.45) is 11.8 Å². The predicted octanol–water partition coefficient (Wildman–Crippen LogP) is 3.66. The molecule has 2 aliphatic heterocycles. The molecule has 1 aromatic rings. The van der Waals surface area contributed by atoms with Gasteiger partial charge in [0.25, 0.3) is 0 Å². The Kier molecular flexibility index (Phi) is 7.40. The molecule has 1 unspecified atom stereocenters. The van der Waals surface area contributed by atoms with Gasteiger partial charge in [0.2, 0.25) is 5.91 Å². The number of methoxy groups -OCH3 is 1. The van der Waals surface area contributed by atoms with Gasteiger partial charge in [0.05, 0.1) is 13.5 Å². The van der Waals surface area contributed by atoms with E-state index in [9.17, 15) is 14.4 Å². The molecule has 0 saturated carbocycles. The van der Waals surface area contributed by atoms with Crippen LogP contribution in [0.15, 0.2) is 24.0 Å². The number of nitrogens with one attached hydrogen (secondary N) is 1. The van der Waals surface area contributed by atoms with Crippen molar-refractivity contribution < 1.29 is 33.3 Å². The number of carbonyl (C=O) groups excluding carboxylic acids is 3. The van der Waals surface area contributed by atoms with E-state index in [-0.39, 0.29) is 24.2 Å². The fraction of sp³-hybridized carbons (Fsp3) is 0.645. The lowest BCUT2D eigenvalue weighted by molar-refractivity contribution is -0.160. The summed E-state index contributed by atoms with van der Waals surface area (Å²) in [6.45, 7) is 9.96. The third kappa shape index (κ3) is 4.86. The molecule has 0 radical (unpaired) electrons. The van der Waals surface area contributed by atoms with Crippen molar-refractivity contribution in [3.05, 3.63) is 35.1 Å². The van der Waals surface area contributed by atoms with Crippen molar-refractivity contribution >= 4 is 17.8 Å². The number of amides is 1. The Balaban J connectivity index is 1.28. The second-order valence-electron chi connectivity index (χ2n) is 12.9. The summed E-state index contributed by atoms with van der Waals surface area (Å²) >= 11 is 0. The first-order valence-corrected chi connectivity index (χ1v) is 14.4. The van der Waals surface area contributed by atoms with Gasteiger partial charge in [0.15, 0.2) is 17.6 Å². The van der Waals surface area contributed by atoms with Crippen LogP contribution in [0.5, 0.6) is 11.5 Å². The Labute approximate surface area is 236 Å². The van der Waals surface area contributed by atoms with Crippen LogP contribution in [0.25, 0.3) is 0 Å². The van der Waals surface area contributed by atoms with Gasteiger partial charge in [0.1, 0.15) is 17.4 Å². The van der Waals surface area contributed by atoms with Gasteiger partial charge in [-0.05, 0) is 83.2 Å². The maximum absolute atomic E-state index is 13.0. The molecule has 1 N–H and O–H groups in total. The molecule has 218 valence electrons. The van der Waals surface area contributed by atoms with Gasteiger partial charge in [-0.3, -0.25) is 9.59 Å². The average Bonchev–Trinajstić information content (AvgIpc) is 3.23. The molecule has 1 saturated heterocycles. The van der Waals surface area contributed by atoms with Crippen molar-refractivity contribution in [1.29, 1.82) is 0 Å². The normalized spacial score (nSPS) is 27.2. The molecule has 0 aromatic heterocycles. The second-order valence-corrected chi connectivity index (χ2v) is 12.9. The minimum atomic E-state index is -0.793. The van der Waals surface area contributed by atoms with E-state index in [1.807, 2.05) is 26.0 Å². The number of nitrogens with zero attached hydrogens (tertiary/aromatic N) is 1. The van der Waals surface area contributed by atoms with E-state index in [4.69, 9.17) is 18.9 Å². The van der Waals surface area contributed by atoms with Gasteiger partial charge < -0.3 is 29.2 Å². The second kappa shape index (κ2) is 10.4. The highest BCUT2D eigenvalue weighted by Crippen LogP contribution is 2.63. The molecule has 9 heteroatoms. The van der Waals surface area contributed by atoms with Crippen LogP contribution in [0.2, 0.25) is 0 Å². The topological polar surface area (TPSA) is 103 Å². The molecule has 1 spiro atoms. The van der Waals surface area contributed by atoms with Gasteiger partial charge in [-0.25, -0.2) is 4.79 Å². The highest BCUT2D eigenvalue weighted by molar-refractivity contribution is 5.87. The SMILES string of the molecule is COc1ccc2c3c1O[C@H]1C(OC(=O)CCC(=O)N[C@H](C(=O)OC(C)(C)C)C(C)C)=CCC4[C@@H](C2)N(C)CC[C@@]341. The Hall–Kier alpha value is -3.07. The highest BCUT2D eigenvalue weighted by Gasteiger charge is 2.64. The summed E-state index contributed by atoms with van der Waals surface area (Å²) in [5, 5.41) is 2.73. The van der Waals surface area contributed by atoms with Crippen molar-refractivity contribution in [1.82, 2.24) is 10.2 Å². The zero-order chi connectivity index (χ0) is 29.0. The number of carbonyl (C=O) groups is 3. The minimum Gasteiger partial charge on any atom is -0.493 e. The lowest BCUT2D eigenvalue weighted by Gasteiger charge is -2.56. The van der Waals surface area contributed by atoms with Crippen molar-refractivity contribution in [2.75, 3.05) is 20.7 Å². The van der Waals surface area contributed by atoms with Crippen LogP contribution in [0.1, 0.15) is 71.4 Å². The first kappa shape index (κ1) is 28.5. The summed E-state index contributed by atoms with van der Waals surface area (Å²) < 4.78 is 23.6. The number of hydrogen-bond acceptors (Lipinski definition) is 8. The van der Waals surface area contributed by atoms with Gasteiger partial charge in [-0.15, -0.1) is 0 Å². The zero-order valence-corrected chi connectivity index (χ0v) is 24.7. The molecule has 2 bridgehead atoms. The summed E-state index contributed by atoms with van der Waals surface area (Å²) in [5.41, 5.74) is 1.56. The van der Waals surface area contributed by atoms with E-state index in [0.29, 0.717) is 23.5 Å². The van der Waals surface area contributed by atoms with E-state index in [0.717, 1.165) is 31.6 Å². The molecule has 5 rings (SSSR count). The quantitative estimate of drug-likeness (QED) is 0.486. The number of esters is 2. The monoisotopic (exact) mass is 554 g/mol. The van der Waals surface area contributed by atoms with E-state index in [2.05, 4.69) is 23.3 Å². The molecular weight excluding hydrogens is 512 g/mol. The van der Waals surface area contributed by atoms with Crippen LogP contribution in [0.4, 0.5) is 0 Å². The standard InChI is InChI=1S/C31H42N2O7/c1-17(2)26(29(36)40-30(3,4)5)32-23(34)12-13-24(35)38-22-11-9-19-20-16-18-8-10-21(37-7)27-25(18)31(19,28(22)39-27)14-15-33(20)6/h8,10-11,17,19-20,26,28H,9,12-16H2,1-7H3,(H,32,34)/t19?,20-,26+,28+,31+/m1/s1. The Morgan fingerprint density at radius 2 is 1.95 bits per heavy atom. The van der Waals surface area contributed by atoms with Crippen molar-refractivity contribution in [3.63, 3.8) is 0 Å². The van der Waals surface area contributed by atoms with E-state index >= 15 is 0 Å². The number of ether oxygens (including phenoxy) is 4. The molecule has 9 nitrogen and oxygen atoms in total. The Bertz CT molecular complexity index is 1230. The third-order valence-corrected chi connectivity index (χ3v) is 8.86. The number of rotatable bonds is 8. The number of likely N-dealkylation sites (tertiary alicyclic amines) is 1. The Morgan fingerprint density at radius 3 is 2.62 bits per heavy atom. The number of likely N-dealkylation sites (N-methyl/N-ethyl adjacent to an activating group) is 1. The summed E-state index contributed by atoms with van der Waals surface area (Å²) in [4.78, 5) is 40.7. The largest absolute Gasteiger partial charge is 0.493 e. The maximum Gasteiger partial charge on any atom is 0.329 e. The molecule has 1 amide bonds. The molecule has 5 atom stereocenters. The fourth-order valence-corrected chi connectivity index (χ4v) is 7.07. The summed E-state index contributed by atoms with van der Waals surface area (Å²) in [7, 11) is 3.84.